The van der Waals surface area contributed by atoms with Gasteiger partial charge >= 0.3 is 0 Å². The van der Waals surface area contributed by atoms with E-state index >= 15 is 0 Å². The van der Waals surface area contributed by atoms with Gasteiger partial charge in [-0.15, -0.1) is 0 Å². The molecule has 0 bridgehead atoms. The van der Waals surface area contributed by atoms with Crippen LogP contribution in [0.15, 0.2) is 65.9 Å². The molecule has 8 heteroatoms. The summed E-state index contributed by atoms with van der Waals surface area (Å²) >= 11 is 6.31. The molecule has 1 aliphatic heterocycles. The van der Waals surface area contributed by atoms with E-state index in [0.29, 0.717) is 43.2 Å². The Balaban J connectivity index is 1.80. The van der Waals surface area contributed by atoms with Gasteiger partial charge in [-0.2, -0.15) is 5.10 Å². The van der Waals surface area contributed by atoms with E-state index < -0.39 is 0 Å². The van der Waals surface area contributed by atoms with Crippen LogP contribution in [0.2, 0.25) is 5.02 Å². The Morgan fingerprint density at radius 1 is 1.19 bits per heavy atom. The van der Waals surface area contributed by atoms with Crippen LogP contribution in [-0.2, 0) is 11.3 Å². The highest BCUT2D eigenvalue weighted by Crippen LogP contribution is 2.33. The van der Waals surface area contributed by atoms with E-state index in [-0.39, 0.29) is 23.9 Å². The summed E-state index contributed by atoms with van der Waals surface area (Å²) in [5, 5.41) is 7.10. The number of rotatable bonds is 10. The van der Waals surface area contributed by atoms with Gasteiger partial charge in [0.25, 0.3) is 5.91 Å². The van der Waals surface area contributed by atoms with Crippen molar-refractivity contribution < 1.29 is 4.79 Å². The van der Waals surface area contributed by atoms with Gasteiger partial charge in [-0.1, -0.05) is 67.9 Å². The summed E-state index contributed by atoms with van der Waals surface area (Å²) in [6, 6.07) is 18.0. The van der Waals surface area contributed by atoms with E-state index in [1.54, 1.807) is 0 Å². The molecule has 0 fully saturated rings. The molecule has 0 aliphatic carbocycles. The lowest BCUT2D eigenvalue weighted by Crippen LogP contribution is -2.43. The van der Waals surface area contributed by atoms with Crippen molar-refractivity contribution >= 4 is 23.2 Å². The Labute approximate surface area is 224 Å². The first-order valence-electron chi connectivity index (χ1n) is 13.0. The van der Waals surface area contributed by atoms with Gasteiger partial charge in [0.15, 0.2) is 0 Å². The fourth-order valence-corrected chi connectivity index (χ4v) is 5.01. The van der Waals surface area contributed by atoms with Crippen molar-refractivity contribution in [1.29, 1.82) is 0 Å². The quantitative estimate of drug-likeness (QED) is 0.398. The molecular weight excluding hydrogens is 484 g/mol. The third-order valence-corrected chi connectivity index (χ3v) is 7.11. The van der Waals surface area contributed by atoms with Crippen LogP contribution in [0.3, 0.4) is 0 Å². The number of hydrogen-bond acceptors (Lipinski definition) is 5. The minimum atomic E-state index is -0.250. The van der Waals surface area contributed by atoms with Crippen LogP contribution in [0.4, 0.5) is 0 Å². The molecular formula is C29H37ClN6O. The lowest BCUT2D eigenvalue weighted by atomic mass is 9.99. The number of hydrogen-bond donors (Lipinski definition) is 1. The van der Waals surface area contributed by atoms with Crippen molar-refractivity contribution in [1.82, 2.24) is 19.5 Å². The number of carbonyl (C=O) groups is 1. The summed E-state index contributed by atoms with van der Waals surface area (Å²) in [4.78, 5) is 21.0. The van der Waals surface area contributed by atoms with Gasteiger partial charge in [-0.25, -0.2) is 4.98 Å². The van der Waals surface area contributed by atoms with E-state index in [0.717, 1.165) is 22.6 Å². The Bertz CT molecular complexity index is 1240. The highest BCUT2D eigenvalue weighted by Gasteiger charge is 2.36. The second-order valence-electron chi connectivity index (χ2n) is 10.1. The molecule has 3 aromatic rings. The molecule has 0 saturated heterocycles. The molecule has 2 heterocycles. The summed E-state index contributed by atoms with van der Waals surface area (Å²) < 4.78 is 2.17. The highest BCUT2D eigenvalue weighted by atomic mass is 35.5. The standard InChI is InChI=1S/C29H37ClN6O/c1-20(2)27(36(15-9-14-31)29(37)25-16-21(3)34(4)33-25)28-32-26(23-12-8-13-24(30)17-23)19-35(28)18-22-10-6-5-7-11-22/h5-8,10-13,17,19-21,27H,9,14-16,18,31H2,1-4H3/t21?,27-/m1/s1. The number of hydrazone groups is 1. The third kappa shape index (κ3) is 6.22. The predicted octanol–water partition coefficient (Wildman–Crippen LogP) is 5.21. The largest absolute Gasteiger partial charge is 0.330 e. The molecule has 0 radical (unpaired) electrons. The number of benzene rings is 2. The normalized spacial score (nSPS) is 16.2. The minimum absolute atomic E-state index is 0.0399. The average molecular weight is 521 g/mol. The molecule has 2 aromatic carbocycles. The lowest BCUT2D eigenvalue weighted by Gasteiger charge is -2.34. The van der Waals surface area contributed by atoms with Gasteiger partial charge < -0.3 is 15.2 Å². The summed E-state index contributed by atoms with van der Waals surface area (Å²) in [6.07, 6.45) is 3.40. The van der Waals surface area contributed by atoms with Crippen molar-refractivity contribution in [3.63, 3.8) is 0 Å². The number of nitrogens with zero attached hydrogens (tertiary/aromatic N) is 5. The fraction of sp³-hybridized carbons (Fsp3) is 0.414. The van der Waals surface area contributed by atoms with Gasteiger partial charge in [0.1, 0.15) is 11.5 Å². The van der Waals surface area contributed by atoms with E-state index in [1.807, 2.05) is 59.4 Å². The monoisotopic (exact) mass is 520 g/mol. The van der Waals surface area contributed by atoms with E-state index in [1.165, 1.54) is 0 Å². The molecule has 2 atom stereocenters. The maximum absolute atomic E-state index is 13.9. The molecule has 37 heavy (non-hydrogen) atoms. The zero-order valence-corrected chi connectivity index (χ0v) is 22.9. The van der Waals surface area contributed by atoms with Crippen LogP contribution in [0.5, 0.6) is 0 Å². The van der Waals surface area contributed by atoms with Crippen molar-refractivity contribution in [2.45, 2.75) is 52.2 Å². The lowest BCUT2D eigenvalue weighted by molar-refractivity contribution is -0.127. The number of nitrogens with two attached hydrogens (primary N) is 1. The molecule has 1 aromatic heterocycles. The van der Waals surface area contributed by atoms with Crippen LogP contribution in [0.25, 0.3) is 11.3 Å². The molecule has 1 unspecified atom stereocenters. The van der Waals surface area contributed by atoms with Gasteiger partial charge in [0, 0.05) is 49.4 Å². The van der Waals surface area contributed by atoms with Crippen molar-refractivity contribution in [2.75, 3.05) is 20.1 Å². The molecule has 2 N–H and O–H groups in total. The van der Waals surface area contributed by atoms with Crippen LogP contribution in [-0.4, -0.2) is 57.3 Å². The SMILES string of the molecule is CC(C)[C@H](c1nc(-c2cccc(Cl)c2)cn1Cc1ccccc1)N(CCCN)C(=O)C1=NN(C)C(C)C1. The Hall–Kier alpha value is -3.16. The second-order valence-corrected chi connectivity index (χ2v) is 10.5. The maximum Gasteiger partial charge on any atom is 0.270 e. The van der Waals surface area contributed by atoms with Crippen molar-refractivity contribution in [2.24, 2.45) is 16.8 Å². The van der Waals surface area contributed by atoms with Gasteiger partial charge in [-0.3, -0.25) is 9.80 Å². The zero-order valence-electron chi connectivity index (χ0n) is 22.1. The number of amides is 1. The first-order valence-corrected chi connectivity index (χ1v) is 13.3. The second kappa shape index (κ2) is 11.9. The number of imidazole rings is 1. The number of carbonyl (C=O) groups excluding carboxylic acids is 1. The maximum atomic E-state index is 13.9. The van der Waals surface area contributed by atoms with Crippen molar-refractivity contribution in [3.05, 3.63) is 77.2 Å². The molecule has 1 amide bonds. The number of aromatic nitrogens is 2. The topological polar surface area (TPSA) is 79.8 Å². The predicted molar refractivity (Wildman–Crippen MR) is 150 cm³/mol. The van der Waals surface area contributed by atoms with Crippen molar-refractivity contribution in [3.8, 4) is 11.3 Å². The van der Waals surface area contributed by atoms with E-state index in [9.17, 15) is 4.79 Å². The van der Waals surface area contributed by atoms with Crippen LogP contribution < -0.4 is 5.73 Å². The summed E-state index contributed by atoms with van der Waals surface area (Å²) in [6.45, 7) is 8.05. The molecule has 7 nitrogen and oxygen atoms in total. The van der Waals surface area contributed by atoms with E-state index in [4.69, 9.17) is 22.3 Å². The van der Waals surface area contributed by atoms with Gasteiger partial charge in [-0.05, 0) is 43.5 Å². The summed E-state index contributed by atoms with van der Waals surface area (Å²) in [5.41, 5.74) is 9.43. The Kier molecular flexibility index (Phi) is 8.67. The smallest absolute Gasteiger partial charge is 0.270 e. The molecule has 196 valence electrons. The summed E-state index contributed by atoms with van der Waals surface area (Å²) in [5.74, 6) is 0.920. The molecule has 0 saturated carbocycles. The average Bonchev–Trinajstić information content (AvgIpc) is 3.44. The minimum Gasteiger partial charge on any atom is -0.330 e. The Morgan fingerprint density at radius 3 is 2.57 bits per heavy atom. The third-order valence-electron chi connectivity index (χ3n) is 6.87. The first kappa shape index (κ1) is 26.9. The first-order chi connectivity index (χ1) is 17.8. The van der Waals surface area contributed by atoms with Crippen LogP contribution in [0, 0.1) is 5.92 Å². The fourth-order valence-electron chi connectivity index (χ4n) is 4.82. The van der Waals surface area contributed by atoms with Crippen LogP contribution in [0.1, 0.15) is 51.0 Å². The van der Waals surface area contributed by atoms with E-state index in [2.05, 4.69) is 48.8 Å². The highest BCUT2D eigenvalue weighted by molar-refractivity contribution is 6.39. The molecule has 4 rings (SSSR count). The van der Waals surface area contributed by atoms with Gasteiger partial charge in [0.2, 0.25) is 0 Å². The zero-order chi connectivity index (χ0) is 26.5. The summed E-state index contributed by atoms with van der Waals surface area (Å²) in [7, 11) is 1.92. The molecule has 1 aliphatic rings. The van der Waals surface area contributed by atoms with Gasteiger partial charge in [0.05, 0.1) is 11.7 Å². The Morgan fingerprint density at radius 2 is 1.95 bits per heavy atom. The number of halogens is 1. The molecule has 0 spiro atoms. The van der Waals surface area contributed by atoms with Crippen LogP contribution >= 0.6 is 11.6 Å².